The normalized spacial score (nSPS) is 19.0. The number of halogens is 4. The number of aryl methyl sites for hydroxylation is 1. The number of alkyl halides is 3. The summed E-state index contributed by atoms with van der Waals surface area (Å²) in [6, 6.07) is -1.29. The van der Waals surface area contributed by atoms with Crippen LogP contribution in [0, 0.1) is 0 Å². The third-order valence-electron chi connectivity index (χ3n) is 4.90. The number of hydrogen-bond donors (Lipinski definition) is 3. The second kappa shape index (κ2) is 8.54. The van der Waals surface area contributed by atoms with Gasteiger partial charge in [-0.15, -0.1) is 4.36 Å². The molecule has 5 N–H and O–H groups in total. The molecule has 170 valence electrons. The number of nitrogens with one attached hydrogen (secondary N) is 1. The number of nitrogens with zero attached hydrogens (tertiary/aromatic N) is 3. The number of nitrogens with two attached hydrogens (primary N) is 2. The van der Waals surface area contributed by atoms with Crippen LogP contribution >= 0.6 is 0 Å². The zero-order chi connectivity index (χ0) is 23.0. The highest BCUT2D eigenvalue weighted by atomic mass is 32.2. The number of pyridine rings is 1. The van der Waals surface area contributed by atoms with Gasteiger partial charge in [0.15, 0.2) is 20.8 Å². The number of carbonyl (C=O) groups is 1. The quantitative estimate of drug-likeness (QED) is 0.455. The first-order chi connectivity index (χ1) is 14.5. The van der Waals surface area contributed by atoms with Crippen LogP contribution in [0.2, 0.25) is 0 Å². The van der Waals surface area contributed by atoms with Gasteiger partial charge in [-0.3, -0.25) is 4.99 Å². The summed E-state index contributed by atoms with van der Waals surface area (Å²) >= 11 is 0. The van der Waals surface area contributed by atoms with Gasteiger partial charge in [-0.05, 0) is 50.5 Å². The van der Waals surface area contributed by atoms with E-state index < -0.39 is 44.6 Å². The van der Waals surface area contributed by atoms with E-state index in [1.54, 1.807) is 6.92 Å². The topological polar surface area (TPSA) is 136 Å². The van der Waals surface area contributed by atoms with E-state index in [1.165, 1.54) is 0 Å². The summed E-state index contributed by atoms with van der Waals surface area (Å²) in [5, 5.41) is 6.74. The van der Waals surface area contributed by atoms with Crippen molar-refractivity contribution in [1.82, 2.24) is 4.98 Å². The molecule has 8 nitrogen and oxygen atoms in total. The van der Waals surface area contributed by atoms with E-state index in [-0.39, 0.29) is 23.5 Å². The number of carbonyl (C=O) groups excluding carboxylic acids is 1. The Balaban J connectivity index is 2.04. The van der Waals surface area contributed by atoms with Crippen molar-refractivity contribution in [2.75, 3.05) is 11.9 Å². The van der Waals surface area contributed by atoms with E-state index in [0.29, 0.717) is 43.9 Å². The fourth-order valence-corrected chi connectivity index (χ4v) is 4.12. The van der Waals surface area contributed by atoms with Gasteiger partial charge in [-0.2, -0.15) is 13.2 Å². The third kappa shape index (κ3) is 5.03. The molecular formula is C18H22F4N6O2S. The summed E-state index contributed by atoms with van der Waals surface area (Å²) in [6.07, 6.45) is -1.61. The molecule has 2 amide bonds. The Morgan fingerprint density at radius 1 is 1.35 bits per heavy atom. The Morgan fingerprint density at radius 3 is 2.61 bits per heavy atom. The van der Waals surface area contributed by atoms with Crippen molar-refractivity contribution in [3.63, 3.8) is 0 Å². The number of urea groups is 1. The molecule has 1 aromatic heterocycles. The van der Waals surface area contributed by atoms with Crippen molar-refractivity contribution in [1.29, 1.82) is 0 Å². The minimum absolute atomic E-state index is 0.0307. The smallest absolute Gasteiger partial charge is 0.387 e. The average molecular weight is 462 g/mol. The Kier molecular flexibility index (Phi) is 6.37. The highest BCUT2D eigenvalue weighted by molar-refractivity contribution is 7.95. The second-order valence-electron chi connectivity index (χ2n) is 7.23. The van der Waals surface area contributed by atoms with Crippen LogP contribution in [0.15, 0.2) is 20.2 Å². The number of anilines is 1. The number of aromatic nitrogens is 1. The van der Waals surface area contributed by atoms with E-state index in [0.717, 1.165) is 0 Å². The maximum absolute atomic E-state index is 13.9. The van der Waals surface area contributed by atoms with Gasteiger partial charge in [0, 0.05) is 17.8 Å². The standard InChI is InChI=1S/C18H22F4N6O2S/c1-2-25-8-11(19)16(23)31(24,30)28-17(29)27-14-10-4-3-5-12(10)26-15(18(20,21)22)13(14)9-6-7-9/h8-9H,2-7,23H2,1H3,(H3,24,26,27,28,29,30)/b16-11-,25-8?. The molecular weight excluding hydrogens is 440 g/mol. The van der Waals surface area contributed by atoms with E-state index in [9.17, 15) is 26.6 Å². The lowest BCUT2D eigenvalue weighted by molar-refractivity contribution is -0.141. The Bertz CT molecular complexity index is 1090. The Labute approximate surface area is 176 Å². The number of hydrogen-bond acceptors (Lipinski definition) is 5. The summed E-state index contributed by atoms with van der Waals surface area (Å²) < 4.78 is 70.6. The van der Waals surface area contributed by atoms with Crippen molar-refractivity contribution in [2.24, 2.45) is 20.2 Å². The van der Waals surface area contributed by atoms with Gasteiger partial charge in [0.2, 0.25) is 0 Å². The first-order valence-corrected chi connectivity index (χ1v) is 11.2. The maximum atomic E-state index is 13.9. The zero-order valence-corrected chi connectivity index (χ0v) is 17.4. The molecule has 2 aliphatic rings. The van der Waals surface area contributed by atoms with Gasteiger partial charge in [0.1, 0.15) is 5.69 Å². The van der Waals surface area contributed by atoms with Crippen LogP contribution in [-0.4, -0.2) is 28.0 Å². The van der Waals surface area contributed by atoms with Crippen molar-refractivity contribution < 1.29 is 26.6 Å². The summed E-state index contributed by atoms with van der Waals surface area (Å²) in [6.45, 7) is 1.85. The van der Waals surface area contributed by atoms with Gasteiger partial charge < -0.3 is 11.1 Å². The Morgan fingerprint density at radius 2 is 2.03 bits per heavy atom. The molecule has 1 saturated carbocycles. The molecule has 0 spiro atoms. The summed E-state index contributed by atoms with van der Waals surface area (Å²) in [5.41, 5.74) is 4.98. The molecule has 0 radical (unpaired) electrons. The fraction of sp³-hybridized carbons (Fsp3) is 0.500. The highest BCUT2D eigenvalue weighted by Gasteiger charge is 2.43. The lowest BCUT2D eigenvalue weighted by atomic mass is 10.00. The van der Waals surface area contributed by atoms with E-state index >= 15 is 0 Å². The molecule has 31 heavy (non-hydrogen) atoms. The number of aliphatic imine (C=N–C) groups is 1. The molecule has 1 atom stereocenters. The predicted octanol–water partition coefficient (Wildman–Crippen LogP) is 3.53. The van der Waals surface area contributed by atoms with Gasteiger partial charge in [-0.1, -0.05) is 0 Å². The van der Waals surface area contributed by atoms with Crippen LogP contribution in [-0.2, 0) is 28.9 Å². The SMILES string of the molecule is CCN=C/C(F)=C(\N)S(N)(=O)=NC(=O)Nc1c2c(nc(C(F)(F)F)c1C1CC1)CCC2. The van der Waals surface area contributed by atoms with Crippen molar-refractivity contribution >= 4 is 27.8 Å². The number of rotatable bonds is 5. The van der Waals surface area contributed by atoms with Crippen LogP contribution in [0.4, 0.5) is 28.0 Å². The minimum Gasteiger partial charge on any atom is -0.387 e. The molecule has 1 unspecified atom stereocenters. The van der Waals surface area contributed by atoms with Gasteiger partial charge in [0.25, 0.3) is 0 Å². The third-order valence-corrected chi connectivity index (χ3v) is 6.17. The maximum Gasteiger partial charge on any atom is 0.433 e. The molecule has 3 rings (SSSR count). The van der Waals surface area contributed by atoms with Crippen LogP contribution < -0.4 is 16.2 Å². The number of allylic oxidation sites excluding steroid dienone is 1. The first kappa shape index (κ1) is 23.1. The molecule has 0 aliphatic heterocycles. The van der Waals surface area contributed by atoms with Gasteiger partial charge in [0.05, 0.1) is 11.9 Å². The van der Waals surface area contributed by atoms with E-state index in [1.807, 2.05) is 0 Å². The fourth-order valence-electron chi connectivity index (χ4n) is 3.40. The summed E-state index contributed by atoms with van der Waals surface area (Å²) in [7, 11) is -4.16. The molecule has 0 aromatic carbocycles. The molecule has 1 aromatic rings. The molecule has 0 saturated heterocycles. The lowest BCUT2D eigenvalue weighted by Crippen LogP contribution is -2.25. The van der Waals surface area contributed by atoms with E-state index in [4.69, 9.17) is 10.9 Å². The van der Waals surface area contributed by atoms with Crippen molar-refractivity contribution in [3.05, 3.63) is 33.4 Å². The zero-order valence-electron chi connectivity index (χ0n) is 16.6. The first-order valence-electron chi connectivity index (χ1n) is 9.59. The van der Waals surface area contributed by atoms with E-state index in [2.05, 4.69) is 19.7 Å². The van der Waals surface area contributed by atoms with Crippen molar-refractivity contribution in [2.45, 2.75) is 51.1 Å². The molecule has 1 fully saturated rings. The predicted molar refractivity (Wildman–Crippen MR) is 108 cm³/mol. The summed E-state index contributed by atoms with van der Waals surface area (Å²) in [5.74, 6) is -1.62. The lowest BCUT2D eigenvalue weighted by Gasteiger charge is -2.19. The highest BCUT2D eigenvalue weighted by Crippen LogP contribution is 2.50. The average Bonchev–Trinajstić information content (AvgIpc) is 3.40. The second-order valence-corrected chi connectivity index (χ2v) is 8.99. The Hall–Kier alpha value is -2.54. The number of fused-ring (bicyclic) bond motifs is 1. The monoisotopic (exact) mass is 462 g/mol. The van der Waals surface area contributed by atoms with Crippen molar-refractivity contribution in [3.8, 4) is 0 Å². The van der Waals surface area contributed by atoms with Crippen LogP contribution in [0.5, 0.6) is 0 Å². The summed E-state index contributed by atoms with van der Waals surface area (Å²) in [4.78, 5) is 19.9. The van der Waals surface area contributed by atoms with Gasteiger partial charge >= 0.3 is 12.2 Å². The van der Waals surface area contributed by atoms with Crippen LogP contribution in [0.25, 0.3) is 0 Å². The number of amides is 2. The van der Waals surface area contributed by atoms with Gasteiger partial charge in [-0.25, -0.2) is 23.5 Å². The van der Waals surface area contributed by atoms with Crippen LogP contribution in [0.1, 0.15) is 54.6 Å². The molecule has 13 heteroatoms. The molecule has 1 heterocycles. The largest absolute Gasteiger partial charge is 0.433 e. The minimum atomic E-state index is -4.71. The van der Waals surface area contributed by atoms with Crippen LogP contribution in [0.3, 0.4) is 0 Å². The molecule has 0 bridgehead atoms. The molecule has 2 aliphatic carbocycles.